The number of likely N-dealkylation sites (tertiary alicyclic amines) is 1. The summed E-state index contributed by atoms with van der Waals surface area (Å²) in [6.45, 7) is 8.55. The lowest BCUT2D eigenvalue weighted by Gasteiger charge is -2.34. The van der Waals surface area contributed by atoms with Crippen molar-refractivity contribution in [3.8, 4) is 0 Å². The fourth-order valence-corrected chi connectivity index (χ4v) is 5.14. The predicted octanol–water partition coefficient (Wildman–Crippen LogP) is 3.79. The van der Waals surface area contributed by atoms with Crippen molar-refractivity contribution in [2.75, 3.05) is 18.4 Å². The lowest BCUT2D eigenvalue weighted by molar-refractivity contribution is 0.0206. The highest BCUT2D eigenvalue weighted by Crippen LogP contribution is 2.26. The molecule has 0 unspecified atom stereocenters. The first-order valence-electron chi connectivity index (χ1n) is 10.9. The van der Waals surface area contributed by atoms with Gasteiger partial charge in [-0.15, -0.1) is 0 Å². The number of rotatable bonds is 4. The molecule has 9 nitrogen and oxygen atoms in total. The summed E-state index contributed by atoms with van der Waals surface area (Å²) in [4.78, 5) is 22.9. The number of anilines is 1. The molecule has 1 fully saturated rings. The van der Waals surface area contributed by atoms with E-state index in [0.29, 0.717) is 29.9 Å². The average Bonchev–Trinajstić information content (AvgIpc) is 3.19. The molecule has 1 amide bonds. The summed E-state index contributed by atoms with van der Waals surface area (Å²) in [6, 6.07) is 8.35. The number of hydrogen-bond acceptors (Lipinski definition) is 7. The Bertz CT molecular complexity index is 1260. The summed E-state index contributed by atoms with van der Waals surface area (Å²) in [5, 5.41) is 3.97. The lowest BCUT2D eigenvalue weighted by atomic mass is 10.1. The molecule has 1 N–H and O–H groups in total. The maximum Gasteiger partial charge on any atom is 0.410 e. The molecule has 0 spiro atoms. The quantitative estimate of drug-likeness (QED) is 0.617. The molecular formula is C23H29N5O4S. The zero-order valence-electron chi connectivity index (χ0n) is 19.3. The third-order valence-electron chi connectivity index (χ3n) is 5.44. The number of aryl methyl sites for hydroxylation is 1. The molecule has 1 saturated heterocycles. The van der Waals surface area contributed by atoms with E-state index in [1.807, 2.05) is 27.7 Å². The van der Waals surface area contributed by atoms with E-state index in [0.717, 1.165) is 18.4 Å². The van der Waals surface area contributed by atoms with E-state index in [-0.39, 0.29) is 17.0 Å². The van der Waals surface area contributed by atoms with Gasteiger partial charge in [0, 0.05) is 25.3 Å². The number of carbonyl (C=O) groups excluding carboxylic acids is 1. The van der Waals surface area contributed by atoms with Gasteiger partial charge in [0.05, 0.1) is 10.3 Å². The Morgan fingerprint density at radius 3 is 2.58 bits per heavy atom. The molecule has 3 aromatic rings. The van der Waals surface area contributed by atoms with E-state index >= 15 is 0 Å². The van der Waals surface area contributed by atoms with E-state index < -0.39 is 15.6 Å². The Balaban J connectivity index is 1.57. The van der Waals surface area contributed by atoms with Crippen LogP contribution in [0.15, 0.2) is 47.8 Å². The van der Waals surface area contributed by atoms with Crippen LogP contribution in [-0.2, 0) is 14.8 Å². The van der Waals surface area contributed by atoms with Crippen LogP contribution in [0.4, 0.5) is 10.6 Å². The Kier molecular flexibility index (Phi) is 6.04. The van der Waals surface area contributed by atoms with Gasteiger partial charge in [0.1, 0.15) is 17.7 Å². The molecule has 1 atom stereocenters. The largest absolute Gasteiger partial charge is 0.444 e. The number of ether oxygens (including phenoxy) is 1. The SMILES string of the molecule is Cc1ccc(S(=O)(=O)n2ccc3c(N[C@H]4CCCN(C(=O)OC(C)(C)C)C4)ncnc32)cc1. The second-order valence-electron chi connectivity index (χ2n) is 9.30. The van der Waals surface area contributed by atoms with Gasteiger partial charge in [0.15, 0.2) is 5.65 Å². The number of piperidine rings is 1. The van der Waals surface area contributed by atoms with E-state index in [2.05, 4.69) is 15.3 Å². The molecule has 4 rings (SSSR count). The van der Waals surface area contributed by atoms with Crippen molar-refractivity contribution < 1.29 is 17.9 Å². The summed E-state index contributed by atoms with van der Waals surface area (Å²) in [5.74, 6) is 0.536. The van der Waals surface area contributed by atoms with E-state index in [4.69, 9.17) is 4.74 Å². The third kappa shape index (κ3) is 4.95. The van der Waals surface area contributed by atoms with Crippen molar-refractivity contribution in [1.82, 2.24) is 18.8 Å². The number of hydrogen-bond donors (Lipinski definition) is 1. The number of benzene rings is 1. The summed E-state index contributed by atoms with van der Waals surface area (Å²) < 4.78 is 33.0. The number of nitrogens with zero attached hydrogens (tertiary/aromatic N) is 4. The van der Waals surface area contributed by atoms with Gasteiger partial charge in [-0.25, -0.2) is 27.2 Å². The molecular weight excluding hydrogens is 442 g/mol. The van der Waals surface area contributed by atoms with Crippen LogP contribution < -0.4 is 5.32 Å². The number of nitrogens with one attached hydrogen (secondary N) is 1. The molecule has 1 aromatic carbocycles. The summed E-state index contributed by atoms with van der Waals surface area (Å²) >= 11 is 0. The van der Waals surface area contributed by atoms with E-state index in [1.165, 1.54) is 16.5 Å². The molecule has 0 saturated carbocycles. The number of fused-ring (bicyclic) bond motifs is 1. The van der Waals surface area contributed by atoms with Crippen molar-refractivity contribution in [1.29, 1.82) is 0 Å². The summed E-state index contributed by atoms with van der Waals surface area (Å²) in [5.41, 5.74) is 0.725. The van der Waals surface area contributed by atoms with Crippen LogP contribution in [0.3, 0.4) is 0 Å². The maximum atomic E-state index is 13.2. The minimum Gasteiger partial charge on any atom is -0.444 e. The van der Waals surface area contributed by atoms with Crippen molar-refractivity contribution >= 4 is 33.0 Å². The highest BCUT2D eigenvalue weighted by molar-refractivity contribution is 7.90. The number of amides is 1. The molecule has 0 bridgehead atoms. The topological polar surface area (TPSA) is 106 Å². The zero-order valence-corrected chi connectivity index (χ0v) is 20.1. The second kappa shape index (κ2) is 8.66. The maximum absolute atomic E-state index is 13.2. The summed E-state index contributed by atoms with van der Waals surface area (Å²) in [7, 11) is -3.80. The molecule has 1 aliphatic heterocycles. The van der Waals surface area contributed by atoms with Crippen molar-refractivity contribution in [3.63, 3.8) is 0 Å². The Morgan fingerprint density at radius 2 is 1.88 bits per heavy atom. The first kappa shape index (κ1) is 23.0. The van der Waals surface area contributed by atoms with Crippen molar-refractivity contribution in [2.24, 2.45) is 0 Å². The molecule has 10 heteroatoms. The lowest BCUT2D eigenvalue weighted by Crippen LogP contribution is -2.47. The second-order valence-corrected chi connectivity index (χ2v) is 11.1. The fraction of sp³-hybridized carbons (Fsp3) is 0.435. The van der Waals surface area contributed by atoms with Crippen LogP contribution in [0.1, 0.15) is 39.2 Å². The molecule has 176 valence electrons. The van der Waals surface area contributed by atoms with E-state index in [1.54, 1.807) is 35.2 Å². The predicted molar refractivity (Wildman–Crippen MR) is 126 cm³/mol. The van der Waals surface area contributed by atoms with Gasteiger partial charge < -0.3 is 15.0 Å². The number of carbonyl (C=O) groups is 1. The standard InChI is InChI=1S/C23H29N5O4S/c1-16-7-9-18(10-8-16)33(30,31)28-13-11-19-20(24-15-25-21(19)28)26-17-6-5-12-27(14-17)22(29)32-23(2,3)4/h7-11,13,15,17H,5-6,12,14H2,1-4H3,(H,24,25,26)/t17-/m0/s1. The molecule has 3 heterocycles. The molecule has 1 aliphatic rings. The first-order chi connectivity index (χ1) is 15.5. The van der Waals surface area contributed by atoms with Crippen molar-refractivity contribution in [2.45, 2.75) is 57.1 Å². The smallest absolute Gasteiger partial charge is 0.410 e. The molecule has 33 heavy (non-hydrogen) atoms. The minimum atomic E-state index is -3.80. The number of aromatic nitrogens is 3. The van der Waals surface area contributed by atoms with Crippen LogP contribution in [0, 0.1) is 6.92 Å². The molecule has 0 aliphatic carbocycles. The van der Waals surface area contributed by atoms with Crippen LogP contribution in [0.5, 0.6) is 0 Å². The van der Waals surface area contributed by atoms with Gasteiger partial charge in [0.25, 0.3) is 10.0 Å². The monoisotopic (exact) mass is 471 g/mol. The van der Waals surface area contributed by atoms with Gasteiger partial charge in [-0.2, -0.15) is 0 Å². The summed E-state index contributed by atoms with van der Waals surface area (Å²) in [6.07, 6.45) is 4.19. The van der Waals surface area contributed by atoms with Crippen LogP contribution in [0.2, 0.25) is 0 Å². The van der Waals surface area contributed by atoms with Gasteiger partial charge >= 0.3 is 6.09 Å². The molecule has 0 radical (unpaired) electrons. The highest BCUT2D eigenvalue weighted by Gasteiger charge is 2.28. The normalized spacial score (nSPS) is 17.2. The highest BCUT2D eigenvalue weighted by atomic mass is 32.2. The first-order valence-corrected chi connectivity index (χ1v) is 12.4. The third-order valence-corrected chi connectivity index (χ3v) is 7.12. The average molecular weight is 472 g/mol. The van der Waals surface area contributed by atoms with Crippen LogP contribution in [0.25, 0.3) is 11.0 Å². The molecule has 2 aromatic heterocycles. The van der Waals surface area contributed by atoms with Crippen LogP contribution in [-0.4, -0.2) is 58.1 Å². The Labute approximate surface area is 193 Å². The Morgan fingerprint density at radius 1 is 1.15 bits per heavy atom. The Hall–Kier alpha value is -3.14. The van der Waals surface area contributed by atoms with Crippen LogP contribution >= 0.6 is 0 Å². The van der Waals surface area contributed by atoms with Gasteiger partial charge in [-0.1, -0.05) is 17.7 Å². The van der Waals surface area contributed by atoms with Crippen molar-refractivity contribution in [3.05, 3.63) is 48.4 Å². The van der Waals surface area contributed by atoms with Gasteiger partial charge in [0.2, 0.25) is 0 Å². The zero-order chi connectivity index (χ0) is 23.8. The minimum absolute atomic E-state index is 0.0403. The van der Waals surface area contributed by atoms with Gasteiger partial charge in [-0.05, 0) is 58.7 Å². The van der Waals surface area contributed by atoms with Gasteiger partial charge in [-0.3, -0.25) is 0 Å². The van der Waals surface area contributed by atoms with E-state index in [9.17, 15) is 13.2 Å². The fourth-order valence-electron chi connectivity index (χ4n) is 3.84.